The molecule has 0 radical (unpaired) electrons. The zero-order chi connectivity index (χ0) is 16.8. The van der Waals surface area contributed by atoms with Crippen molar-refractivity contribution in [3.8, 4) is 5.75 Å². The predicted molar refractivity (Wildman–Crippen MR) is 94.5 cm³/mol. The number of carbonyl (C=O) groups is 1. The highest BCUT2D eigenvalue weighted by atomic mass is 35.5. The lowest BCUT2D eigenvalue weighted by atomic mass is 10.0. The predicted octanol–water partition coefficient (Wildman–Crippen LogP) is 4.42. The Hall–Kier alpha value is -2.00. The summed E-state index contributed by atoms with van der Waals surface area (Å²) in [7, 11) is 1.61. The maximum Gasteiger partial charge on any atom is 0.253 e. The number of methoxy groups -OCH3 is 1. The first-order valence-electron chi connectivity index (χ1n) is 7.80. The minimum atomic E-state index is 0.0703. The van der Waals surface area contributed by atoms with Crippen molar-refractivity contribution in [1.82, 2.24) is 4.90 Å². The van der Waals surface area contributed by atoms with Crippen molar-refractivity contribution < 1.29 is 9.53 Å². The maximum atomic E-state index is 12.3. The van der Waals surface area contributed by atoms with Crippen LogP contribution in [0, 0.1) is 0 Å². The van der Waals surface area contributed by atoms with Crippen molar-refractivity contribution in [1.29, 1.82) is 0 Å². The van der Waals surface area contributed by atoms with E-state index in [2.05, 4.69) is 0 Å². The molecule has 3 nitrogen and oxygen atoms in total. The summed E-state index contributed by atoms with van der Waals surface area (Å²) >= 11 is 6.33. The van der Waals surface area contributed by atoms with Gasteiger partial charge >= 0.3 is 0 Å². The van der Waals surface area contributed by atoms with Crippen LogP contribution in [0.15, 0.2) is 42.5 Å². The molecule has 2 rings (SSSR count). The summed E-state index contributed by atoms with van der Waals surface area (Å²) < 4.78 is 5.24. The molecule has 0 heterocycles. The molecule has 0 fully saturated rings. The lowest BCUT2D eigenvalue weighted by Crippen LogP contribution is -2.30. The molecule has 0 atom stereocenters. The Morgan fingerprint density at radius 2 is 1.74 bits per heavy atom. The molecule has 0 spiro atoms. The van der Waals surface area contributed by atoms with Crippen molar-refractivity contribution >= 4 is 17.5 Å². The molecular formula is C19H22ClNO2. The summed E-state index contributed by atoms with van der Waals surface area (Å²) in [5, 5.41) is 0.637. The number of carbonyl (C=O) groups excluding carboxylic acids is 1. The van der Waals surface area contributed by atoms with Gasteiger partial charge in [-0.1, -0.05) is 35.9 Å². The van der Waals surface area contributed by atoms with E-state index in [-0.39, 0.29) is 5.91 Å². The lowest BCUT2D eigenvalue weighted by Gasteiger charge is -2.18. The Kier molecular flexibility index (Phi) is 6.05. The molecule has 0 bridgehead atoms. The molecule has 0 saturated heterocycles. The van der Waals surface area contributed by atoms with Gasteiger partial charge in [0.15, 0.2) is 0 Å². The number of amides is 1. The summed E-state index contributed by atoms with van der Waals surface area (Å²) in [6.45, 7) is 5.41. The fraction of sp³-hybridized carbons (Fsp3) is 0.316. The first-order chi connectivity index (χ1) is 11.1. The Morgan fingerprint density at radius 3 is 2.30 bits per heavy atom. The van der Waals surface area contributed by atoms with Gasteiger partial charge in [0.25, 0.3) is 5.91 Å². The van der Waals surface area contributed by atoms with Gasteiger partial charge in [0.05, 0.1) is 12.1 Å². The normalized spacial score (nSPS) is 10.4. The highest BCUT2D eigenvalue weighted by Gasteiger charge is 2.12. The third kappa shape index (κ3) is 4.05. The van der Waals surface area contributed by atoms with E-state index in [0.717, 1.165) is 24.2 Å². The Labute approximate surface area is 142 Å². The van der Waals surface area contributed by atoms with Crippen molar-refractivity contribution in [2.24, 2.45) is 0 Å². The second kappa shape index (κ2) is 8.02. The number of hydrogen-bond acceptors (Lipinski definition) is 2. The number of halogens is 1. The monoisotopic (exact) mass is 331 g/mol. The van der Waals surface area contributed by atoms with Crippen LogP contribution in [-0.2, 0) is 6.42 Å². The van der Waals surface area contributed by atoms with Crippen LogP contribution < -0.4 is 4.74 Å². The van der Waals surface area contributed by atoms with Gasteiger partial charge in [0.1, 0.15) is 5.75 Å². The molecule has 2 aromatic carbocycles. The number of nitrogens with zero attached hydrogens (tertiary/aromatic N) is 1. The van der Waals surface area contributed by atoms with Crippen LogP contribution in [0.5, 0.6) is 5.75 Å². The van der Waals surface area contributed by atoms with E-state index in [0.29, 0.717) is 22.8 Å². The first kappa shape index (κ1) is 17.4. The second-order valence-corrected chi connectivity index (χ2v) is 5.66. The van der Waals surface area contributed by atoms with Crippen LogP contribution >= 0.6 is 11.6 Å². The van der Waals surface area contributed by atoms with Crippen molar-refractivity contribution in [2.75, 3.05) is 20.2 Å². The van der Waals surface area contributed by atoms with Gasteiger partial charge in [0, 0.05) is 18.7 Å². The number of ether oxygens (including phenoxy) is 1. The molecule has 0 saturated carbocycles. The summed E-state index contributed by atoms with van der Waals surface area (Å²) in [4.78, 5) is 14.1. The van der Waals surface area contributed by atoms with E-state index in [9.17, 15) is 4.79 Å². The molecule has 1 amide bonds. The van der Waals surface area contributed by atoms with Gasteiger partial charge in [-0.25, -0.2) is 0 Å². The third-order valence-corrected chi connectivity index (χ3v) is 4.34. The quantitative estimate of drug-likeness (QED) is 0.784. The Balaban J connectivity index is 2.16. The highest BCUT2D eigenvalue weighted by molar-refractivity contribution is 6.32. The van der Waals surface area contributed by atoms with Crippen LogP contribution in [0.2, 0.25) is 5.02 Å². The van der Waals surface area contributed by atoms with E-state index < -0.39 is 0 Å². The minimum Gasteiger partial charge on any atom is -0.495 e. The molecule has 122 valence electrons. The van der Waals surface area contributed by atoms with Gasteiger partial charge in [0.2, 0.25) is 0 Å². The third-order valence-electron chi connectivity index (χ3n) is 3.91. The van der Waals surface area contributed by atoms with Crippen molar-refractivity contribution in [2.45, 2.75) is 20.3 Å². The van der Waals surface area contributed by atoms with Gasteiger partial charge in [-0.3, -0.25) is 4.79 Å². The lowest BCUT2D eigenvalue weighted by molar-refractivity contribution is 0.0773. The first-order valence-corrected chi connectivity index (χ1v) is 8.18. The molecule has 4 heteroatoms. The topological polar surface area (TPSA) is 29.5 Å². The molecule has 0 aliphatic carbocycles. The number of hydrogen-bond donors (Lipinski definition) is 0. The molecule has 23 heavy (non-hydrogen) atoms. The maximum absolute atomic E-state index is 12.3. The zero-order valence-corrected chi connectivity index (χ0v) is 14.6. The van der Waals surface area contributed by atoms with Crippen LogP contribution in [0.4, 0.5) is 0 Å². The summed E-state index contributed by atoms with van der Waals surface area (Å²) in [5.41, 5.74) is 2.83. The molecule has 0 aliphatic heterocycles. The summed E-state index contributed by atoms with van der Waals surface area (Å²) in [6.07, 6.45) is 0.704. The fourth-order valence-electron chi connectivity index (χ4n) is 2.53. The average Bonchev–Trinajstić information content (AvgIpc) is 2.58. The smallest absolute Gasteiger partial charge is 0.253 e. The van der Waals surface area contributed by atoms with Gasteiger partial charge in [-0.2, -0.15) is 0 Å². The SMILES string of the molecule is CCN(CC)C(=O)c1ccc(Cc2cccc(OC)c2Cl)cc1. The minimum absolute atomic E-state index is 0.0703. The molecule has 0 aromatic heterocycles. The molecular weight excluding hydrogens is 310 g/mol. The van der Waals surface area contributed by atoms with Crippen LogP contribution in [-0.4, -0.2) is 31.0 Å². The Bertz CT molecular complexity index is 664. The molecule has 0 aliphatic rings. The van der Waals surface area contributed by atoms with Crippen molar-refractivity contribution in [3.05, 3.63) is 64.2 Å². The van der Waals surface area contributed by atoms with Gasteiger partial charge in [-0.05, 0) is 49.6 Å². The van der Waals surface area contributed by atoms with E-state index in [1.807, 2.05) is 61.2 Å². The number of rotatable bonds is 6. The Morgan fingerprint density at radius 1 is 1.09 bits per heavy atom. The van der Waals surface area contributed by atoms with E-state index >= 15 is 0 Å². The fourth-order valence-corrected chi connectivity index (χ4v) is 2.80. The van der Waals surface area contributed by atoms with Gasteiger partial charge < -0.3 is 9.64 Å². The van der Waals surface area contributed by atoms with Crippen LogP contribution in [0.1, 0.15) is 35.3 Å². The van der Waals surface area contributed by atoms with E-state index in [1.54, 1.807) is 7.11 Å². The van der Waals surface area contributed by atoms with E-state index in [1.165, 1.54) is 0 Å². The van der Waals surface area contributed by atoms with Crippen LogP contribution in [0.3, 0.4) is 0 Å². The molecule has 2 aromatic rings. The average molecular weight is 332 g/mol. The highest BCUT2D eigenvalue weighted by Crippen LogP contribution is 2.29. The second-order valence-electron chi connectivity index (χ2n) is 5.28. The van der Waals surface area contributed by atoms with Crippen LogP contribution in [0.25, 0.3) is 0 Å². The number of benzene rings is 2. The molecule has 0 N–H and O–H groups in total. The largest absolute Gasteiger partial charge is 0.495 e. The summed E-state index contributed by atoms with van der Waals surface area (Å²) in [6, 6.07) is 13.5. The zero-order valence-electron chi connectivity index (χ0n) is 13.8. The van der Waals surface area contributed by atoms with E-state index in [4.69, 9.17) is 16.3 Å². The molecule has 0 unspecified atom stereocenters. The van der Waals surface area contributed by atoms with Gasteiger partial charge in [-0.15, -0.1) is 0 Å². The summed E-state index contributed by atoms with van der Waals surface area (Å²) in [5.74, 6) is 0.749. The standard InChI is InChI=1S/C19H22ClNO2/c1-4-21(5-2)19(22)15-11-9-14(10-12-15)13-16-7-6-8-17(23-3)18(16)20/h6-12H,4-5,13H2,1-3H3. The van der Waals surface area contributed by atoms with Crippen molar-refractivity contribution in [3.63, 3.8) is 0 Å².